The Kier molecular flexibility index (Phi) is 9.37. The van der Waals surface area contributed by atoms with E-state index in [9.17, 15) is 4.79 Å². The number of methoxy groups -OCH3 is 2. The summed E-state index contributed by atoms with van der Waals surface area (Å²) in [5, 5.41) is 4.53. The Balaban J connectivity index is 2.24. The number of halogens is 1. The average Bonchev–Trinajstić information content (AvgIpc) is 2.76. The van der Waals surface area contributed by atoms with Gasteiger partial charge in [0, 0.05) is 17.7 Å². The van der Waals surface area contributed by atoms with Gasteiger partial charge in [0.1, 0.15) is 25.7 Å². The smallest absolute Gasteiger partial charge is 0.415 e. The fraction of sp³-hybridized carbons (Fsp3) is 0.304. The average molecular weight is 447 g/mol. The van der Waals surface area contributed by atoms with Gasteiger partial charge in [0.2, 0.25) is 0 Å². The van der Waals surface area contributed by atoms with Crippen LogP contribution in [0.4, 0.5) is 10.5 Å². The van der Waals surface area contributed by atoms with E-state index >= 15 is 0 Å². The summed E-state index contributed by atoms with van der Waals surface area (Å²) in [7, 11) is 2.81. The number of oxime groups is 1. The van der Waals surface area contributed by atoms with Crippen LogP contribution in [0.1, 0.15) is 23.6 Å². The lowest BCUT2D eigenvalue weighted by Gasteiger charge is -2.24. The van der Waals surface area contributed by atoms with Gasteiger partial charge in [-0.2, -0.15) is 0 Å². The van der Waals surface area contributed by atoms with Gasteiger partial charge >= 0.3 is 6.09 Å². The van der Waals surface area contributed by atoms with Gasteiger partial charge in [-0.25, -0.2) is 4.79 Å². The molecule has 0 aliphatic heterocycles. The van der Waals surface area contributed by atoms with Gasteiger partial charge in [0.05, 0.1) is 18.5 Å². The predicted octanol–water partition coefficient (Wildman–Crippen LogP) is 5.33. The Morgan fingerprint density at radius 2 is 2.03 bits per heavy atom. The lowest BCUT2D eigenvalue weighted by Crippen LogP contribution is -2.33. The molecule has 0 aromatic heterocycles. The van der Waals surface area contributed by atoms with Crippen molar-refractivity contribution in [2.45, 2.75) is 20.5 Å². The van der Waals surface area contributed by atoms with Crippen molar-refractivity contribution in [3.63, 3.8) is 0 Å². The maximum atomic E-state index is 12.2. The van der Waals surface area contributed by atoms with Crippen molar-refractivity contribution in [3.05, 3.63) is 70.8 Å². The molecule has 0 aliphatic rings. The zero-order valence-electron chi connectivity index (χ0n) is 18.2. The molecule has 2 aromatic rings. The monoisotopic (exact) mass is 446 g/mol. The Bertz CT molecular complexity index is 946. The molecule has 2 rings (SSSR count). The molecule has 0 unspecified atom stereocenters. The molecule has 0 atom stereocenters. The molecule has 0 fully saturated rings. The van der Waals surface area contributed by atoms with Crippen LogP contribution in [0.5, 0.6) is 5.75 Å². The normalized spacial score (nSPS) is 11.1. The highest BCUT2D eigenvalue weighted by atomic mass is 35.5. The first kappa shape index (κ1) is 24.2. The third kappa shape index (κ3) is 6.47. The molecule has 2 aromatic carbocycles. The number of nitrogens with zero attached hydrogens (tertiary/aromatic N) is 2. The van der Waals surface area contributed by atoms with E-state index in [0.717, 1.165) is 16.8 Å². The molecule has 0 saturated carbocycles. The molecule has 1 amide bonds. The van der Waals surface area contributed by atoms with Gasteiger partial charge in [-0.05, 0) is 55.3 Å². The summed E-state index contributed by atoms with van der Waals surface area (Å²) in [6, 6.07) is 11.0. The van der Waals surface area contributed by atoms with Gasteiger partial charge in [0.25, 0.3) is 0 Å². The number of anilines is 1. The largest absolute Gasteiger partial charge is 0.488 e. The number of rotatable bonds is 10. The van der Waals surface area contributed by atoms with Crippen LogP contribution in [-0.2, 0) is 20.9 Å². The molecule has 0 aliphatic carbocycles. The number of hydrogen-bond donors (Lipinski definition) is 0. The highest BCUT2D eigenvalue weighted by Crippen LogP contribution is 2.30. The molecule has 0 heterocycles. The van der Waals surface area contributed by atoms with E-state index in [4.69, 9.17) is 30.6 Å². The highest BCUT2D eigenvalue weighted by molar-refractivity contribution is 6.31. The van der Waals surface area contributed by atoms with Crippen molar-refractivity contribution in [1.82, 2.24) is 0 Å². The van der Waals surface area contributed by atoms with Crippen molar-refractivity contribution >= 4 is 29.1 Å². The van der Waals surface area contributed by atoms with Crippen LogP contribution in [0, 0.1) is 6.92 Å². The Morgan fingerprint density at radius 3 is 2.68 bits per heavy atom. The number of aryl methyl sites for hydroxylation is 1. The zero-order chi connectivity index (χ0) is 22.8. The van der Waals surface area contributed by atoms with E-state index < -0.39 is 6.09 Å². The van der Waals surface area contributed by atoms with E-state index in [1.807, 2.05) is 32.0 Å². The first-order chi connectivity index (χ1) is 14.9. The molecule has 0 spiro atoms. The van der Waals surface area contributed by atoms with Crippen molar-refractivity contribution in [2.24, 2.45) is 5.16 Å². The number of amides is 1. The summed E-state index contributed by atoms with van der Waals surface area (Å²) in [4.78, 5) is 18.7. The molecule has 0 saturated heterocycles. The van der Waals surface area contributed by atoms with Crippen molar-refractivity contribution < 1.29 is 23.8 Å². The minimum absolute atomic E-state index is 0.0142. The fourth-order valence-corrected chi connectivity index (χ4v) is 3.05. The van der Waals surface area contributed by atoms with Crippen LogP contribution in [0.2, 0.25) is 5.02 Å². The third-order valence-electron chi connectivity index (χ3n) is 4.40. The molecule has 8 heteroatoms. The quantitative estimate of drug-likeness (QED) is 0.162. The summed E-state index contributed by atoms with van der Waals surface area (Å²) in [5.74, 6) is 0.686. The Morgan fingerprint density at radius 1 is 1.26 bits per heavy atom. The van der Waals surface area contributed by atoms with Crippen LogP contribution in [-0.4, -0.2) is 39.4 Å². The van der Waals surface area contributed by atoms with E-state index in [1.165, 1.54) is 19.1 Å². The number of ether oxygens (including phenoxy) is 3. The topological polar surface area (TPSA) is 69.6 Å². The SMILES string of the molecule is C=CCO/N=C(\C)c1ccc(OCc2c(Cl)cccc2N(COC)C(=O)OC)c(C)c1. The zero-order valence-corrected chi connectivity index (χ0v) is 18.9. The maximum Gasteiger partial charge on any atom is 0.415 e. The number of hydrogen-bond acceptors (Lipinski definition) is 6. The second kappa shape index (κ2) is 12.0. The van der Waals surface area contributed by atoms with Gasteiger partial charge in [-0.3, -0.25) is 4.90 Å². The van der Waals surface area contributed by atoms with Crippen molar-refractivity contribution in [3.8, 4) is 5.75 Å². The highest BCUT2D eigenvalue weighted by Gasteiger charge is 2.21. The second-order valence-corrected chi connectivity index (χ2v) is 6.99. The predicted molar refractivity (Wildman–Crippen MR) is 122 cm³/mol. The van der Waals surface area contributed by atoms with Crippen LogP contribution in [0.3, 0.4) is 0 Å². The number of carbonyl (C=O) groups is 1. The first-order valence-electron chi connectivity index (χ1n) is 9.56. The molecule has 0 radical (unpaired) electrons. The lowest BCUT2D eigenvalue weighted by atomic mass is 10.1. The van der Waals surface area contributed by atoms with Crippen LogP contribution in [0.25, 0.3) is 0 Å². The Hall–Kier alpha value is -3.03. The standard InChI is InChI=1S/C23H27ClN2O5/c1-6-12-31-25-17(3)18-10-11-22(16(2)13-18)30-14-19-20(24)8-7-9-21(19)26(15-28-4)23(27)29-5/h6-11,13H,1,12,14-15H2,2-5H3/b25-17+. The van der Waals surface area contributed by atoms with Crippen LogP contribution in [0.15, 0.2) is 54.2 Å². The molecule has 166 valence electrons. The van der Waals surface area contributed by atoms with E-state index in [1.54, 1.807) is 24.3 Å². The minimum atomic E-state index is -0.556. The van der Waals surface area contributed by atoms with Crippen LogP contribution >= 0.6 is 11.6 Å². The Labute approximate surface area is 187 Å². The van der Waals surface area contributed by atoms with E-state index in [0.29, 0.717) is 28.6 Å². The van der Waals surface area contributed by atoms with E-state index in [-0.39, 0.29) is 13.3 Å². The van der Waals surface area contributed by atoms with Crippen molar-refractivity contribution in [2.75, 3.05) is 32.5 Å². The lowest BCUT2D eigenvalue weighted by molar-refractivity contribution is 0.153. The summed E-state index contributed by atoms with van der Waals surface area (Å²) < 4.78 is 16.0. The van der Waals surface area contributed by atoms with Gasteiger partial charge in [-0.15, -0.1) is 0 Å². The minimum Gasteiger partial charge on any atom is -0.488 e. The summed E-state index contributed by atoms with van der Waals surface area (Å²) in [6.07, 6.45) is 1.08. The number of carbonyl (C=O) groups excluding carboxylic acids is 1. The molecular formula is C23H27ClN2O5. The molecule has 7 nitrogen and oxygen atoms in total. The molecule has 0 bridgehead atoms. The first-order valence-corrected chi connectivity index (χ1v) is 9.93. The number of benzene rings is 2. The molecule has 31 heavy (non-hydrogen) atoms. The molecular weight excluding hydrogens is 420 g/mol. The summed E-state index contributed by atoms with van der Waals surface area (Å²) >= 11 is 6.42. The fourth-order valence-electron chi connectivity index (χ4n) is 2.83. The maximum absolute atomic E-state index is 12.2. The summed E-state index contributed by atoms with van der Waals surface area (Å²) in [6.45, 7) is 7.92. The third-order valence-corrected chi connectivity index (χ3v) is 4.75. The second-order valence-electron chi connectivity index (χ2n) is 6.58. The van der Waals surface area contributed by atoms with Gasteiger partial charge in [-0.1, -0.05) is 35.5 Å². The van der Waals surface area contributed by atoms with Gasteiger partial charge < -0.3 is 19.0 Å². The summed E-state index contributed by atoms with van der Waals surface area (Å²) in [5.41, 5.74) is 3.79. The van der Waals surface area contributed by atoms with E-state index in [2.05, 4.69) is 11.7 Å². The molecule has 0 N–H and O–H groups in total. The van der Waals surface area contributed by atoms with Crippen molar-refractivity contribution in [1.29, 1.82) is 0 Å². The van der Waals surface area contributed by atoms with Crippen LogP contribution < -0.4 is 9.64 Å². The van der Waals surface area contributed by atoms with Gasteiger partial charge in [0.15, 0.2) is 0 Å².